The van der Waals surface area contributed by atoms with Gasteiger partial charge in [0.25, 0.3) is 5.91 Å². The molecule has 5 rings (SSSR count). The molecule has 0 aliphatic carbocycles. The van der Waals surface area contributed by atoms with Crippen LogP contribution in [-0.2, 0) is 12.7 Å². The van der Waals surface area contributed by atoms with Crippen LogP contribution in [0.15, 0.2) is 41.7 Å². The van der Waals surface area contributed by atoms with Crippen molar-refractivity contribution < 1.29 is 22.4 Å². The first-order chi connectivity index (χ1) is 17.1. The van der Waals surface area contributed by atoms with Gasteiger partial charge >= 0.3 is 6.18 Å². The SMILES string of the molecule is CN=c1ncc2cc(-c3c(C)ccc(-c4c(C(F)(F)F)ccnc4C(N)=O)c3F)c3n(c-2n1)CCN3. The second kappa shape index (κ2) is 8.40. The van der Waals surface area contributed by atoms with Gasteiger partial charge in [-0.15, -0.1) is 0 Å². The Balaban J connectivity index is 1.84. The van der Waals surface area contributed by atoms with Crippen molar-refractivity contribution in [1.29, 1.82) is 0 Å². The Morgan fingerprint density at radius 1 is 1.17 bits per heavy atom. The van der Waals surface area contributed by atoms with Crippen LogP contribution >= 0.6 is 0 Å². The molecule has 0 spiro atoms. The highest BCUT2D eigenvalue weighted by molar-refractivity contribution is 5.99. The number of aromatic nitrogens is 4. The second-order valence-corrected chi connectivity index (χ2v) is 8.22. The molecule has 0 atom stereocenters. The number of carbonyl (C=O) groups is 1. The van der Waals surface area contributed by atoms with E-state index in [0.717, 1.165) is 6.20 Å². The lowest BCUT2D eigenvalue weighted by Gasteiger charge is -2.21. The summed E-state index contributed by atoms with van der Waals surface area (Å²) in [6.07, 6.45) is -2.49. The molecule has 1 aromatic carbocycles. The predicted molar refractivity (Wildman–Crippen MR) is 124 cm³/mol. The van der Waals surface area contributed by atoms with E-state index in [-0.39, 0.29) is 11.2 Å². The van der Waals surface area contributed by atoms with Crippen molar-refractivity contribution in [3.8, 4) is 33.6 Å². The fraction of sp³-hybridized carbons (Fsp3) is 0.208. The molecule has 1 aromatic heterocycles. The lowest BCUT2D eigenvalue weighted by atomic mass is 9.90. The third-order valence-electron chi connectivity index (χ3n) is 6.07. The van der Waals surface area contributed by atoms with Gasteiger partial charge in [-0.25, -0.2) is 9.37 Å². The maximum absolute atomic E-state index is 16.3. The van der Waals surface area contributed by atoms with Crippen LogP contribution in [0.4, 0.5) is 23.4 Å². The van der Waals surface area contributed by atoms with Gasteiger partial charge in [0.1, 0.15) is 23.2 Å². The number of nitrogens with two attached hydrogens (primary N) is 1. The van der Waals surface area contributed by atoms with Crippen molar-refractivity contribution in [3.63, 3.8) is 0 Å². The van der Waals surface area contributed by atoms with Gasteiger partial charge in [-0.1, -0.05) is 12.1 Å². The van der Waals surface area contributed by atoms with E-state index >= 15 is 4.39 Å². The van der Waals surface area contributed by atoms with E-state index in [2.05, 4.69) is 25.3 Å². The van der Waals surface area contributed by atoms with Crippen LogP contribution in [0.25, 0.3) is 33.6 Å². The third-order valence-corrected chi connectivity index (χ3v) is 6.07. The molecule has 1 amide bonds. The highest BCUT2D eigenvalue weighted by Crippen LogP contribution is 2.44. The average molecular weight is 497 g/mol. The summed E-state index contributed by atoms with van der Waals surface area (Å²) in [5.41, 5.74) is 4.17. The monoisotopic (exact) mass is 497 g/mol. The zero-order valence-electron chi connectivity index (χ0n) is 19.1. The summed E-state index contributed by atoms with van der Waals surface area (Å²) in [4.78, 5) is 28.3. The summed E-state index contributed by atoms with van der Waals surface area (Å²) in [5, 5.41) is 3.21. The minimum atomic E-state index is -4.87. The normalized spacial score (nSPS) is 13.7. The number of pyridine rings is 2. The van der Waals surface area contributed by atoms with Gasteiger partial charge < -0.3 is 15.6 Å². The fourth-order valence-corrected chi connectivity index (χ4v) is 4.51. The molecule has 8 nitrogen and oxygen atoms in total. The van der Waals surface area contributed by atoms with E-state index < -0.39 is 40.3 Å². The lowest BCUT2D eigenvalue weighted by Crippen LogP contribution is -2.19. The number of hydrogen-bond acceptors (Lipinski definition) is 6. The molecule has 0 fully saturated rings. The van der Waals surface area contributed by atoms with E-state index in [4.69, 9.17) is 5.73 Å². The molecule has 2 aromatic rings. The van der Waals surface area contributed by atoms with Crippen molar-refractivity contribution in [2.75, 3.05) is 18.9 Å². The highest BCUT2D eigenvalue weighted by atomic mass is 19.4. The number of rotatable bonds is 3. The number of anilines is 1. The Bertz CT molecular complexity index is 1580. The summed E-state index contributed by atoms with van der Waals surface area (Å²) in [6, 6.07) is 5.07. The summed E-state index contributed by atoms with van der Waals surface area (Å²) in [5.74, 6) is -0.991. The van der Waals surface area contributed by atoms with Gasteiger partial charge in [0, 0.05) is 60.3 Å². The number of hydrogen-bond donors (Lipinski definition) is 2. The molecule has 3 N–H and O–H groups in total. The second-order valence-electron chi connectivity index (χ2n) is 8.22. The van der Waals surface area contributed by atoms with E-state index in [9.17, 15) is 18.0 Å². The quantitative estimate of drug-likeness (QED) is 0.420. The van der Waals surface area contributed by atoms with E-state index in [1.165, 1.54) is 12.1 Å². The van der Waals surface area contributed by atoms with Crippen LogP contribution in [-0.4, -0.2) is 39.0 Å². The highest BCUT2D eigenvalue weighted by Gasteiger charge is 2.37. The first kappa shape index (κ1) is 23.4. The average Bonchev–Trinajstić information content (AvgIpc) is 3.33. The van der Waals surface area contributed by atoms with Crippen LogP contribution in [0.3, 0.4) is 0 Å². The Labute approximate surface area is 201 Å². The third kappa shape index (κ3) is 3.65. The zero-order valence-corrected chi connectivity index (χ0v) is 19.1. The zero-order chi connectivity index (χ0) is 25.8. The number of halogens is 4. The van der Waals surface area contributed by atoms with E-state index in [1.807, 2.05) is 4.57 Å². The Morgan fingerprint density at radius 3 is 2.64 bits per heavy atom. The number of amides is 1. The number of primary amides is 1. The van der Waals surface area contributed by atoms with Crippen molar-refractivity contribution in [2.45, 2.75) is 19.6 Å². The largest absolute Gasteiger partial charge is 0.417 e. The Kier molecular flexibility index (Phi) is 5.46. The first-order valence-corrected chi connectivity index (χ1v) is 10.8. The van der Waals surface area contributed by atoms with Crippen LogP contribution in [0.5, 0.6) is 0 Å². The number of aryl methyl sites for hydroxylation is 1. The number of carbonyl (C=O) groups excluding carboxylic acids is 1. The molecule has 36 heavy (non-hydrogen) atoms. The van der Waals surface area contributed by atoms with Gasteiger partial charge in [-0.05, 0) is 24.6 Å². The number of benzene rings is 1. The van der Waals surface area contributed by atoms with Crippen LogP contribution in [0.1, 0.15) is 21.6 Å². The topological polar surface area (TPSA) is 111 Å². The molecule has 0 radical (unpaired) electrons. The summed E-state index contributed by atoms with van der Waals surface area (Å²) in [7, 11) is 1.57. The van der Waals surface area contributed by atoms with Gasteiger partial charge in [0.05, 0.1) is 5.56 Å². The van der Waals surface area contributed by atoms with Crippen molar-refractivity contribution in [1.82, 2.24) is 19.5 Å². The minimum Gasteiger partial charge on any atom is -0.369 e. The predicted octanol–water partition coefficient (Wildman–Crippen LogP) is 3.63. The van der Waals surface area contributed by atoms with Gasteiger partial charge in [-0.3, -0.25) is 14.8 Å². The smallest absolute Gasteiger partial charge is 0.369 e. The van der Waals surface area contributed by atoms with Crippen LogP contribution in [0.2, 0.25) is 0 Å². The summed E-state index contributed by atoms with van der Waals surface area (Å²) in [6.45, 7) is 2.73. The maximum Gasteiger partial charge on any atom is 0.417 e. The number of alkyl halides is 3. The fourth-order valence-electron chi connectivity index (χ4n) is 4.51. The molecule has 4 heterocycles. The van der Waals surface area contributed by atoms with Crippen molar-refractivity contribution in [2.24, 2.45) is 10.7 Å². The number of nitrogens with zero attached hydrogens (tertiary/aromatic N) is 5. The molecule has 184 valence electrons. The van der Waals surface area contributed by atoms with Crippen molar-refractivity contribution >= 4 is 11.7 Å². The molecule has 0 saturated carbocycles. The van der Waals surface area contributed by atoms with Crippen LogP contribution < -0.4 is 16.7 Å². The van der Waals surface area contributed by atoms with Crippen LogP contribution in [0, 0.1) is 12.7 Å². The summed E-state index contributed by atoms with van der Waals surface area (Å²) >= 11 is 0. The molecule has 0 saturated heterocycles. The van der Waals surface area contributed by atoms with E-state index in [1.54, 1.807) is 26.2 Å². The van der Waals surface area contributed by atoms with Gasteiger partial charge in [0.2, 0.25) is 5.62 Å². The molecular formula is C24H19F4N7O. The summed E-state index contributed by atoms with van der Waals surface area (Å²) < 4.78 is 59.8. The number of fused-ring (bicyclic) bond motifs is 3. The molecule has 0 bridgehead atoms. The standard InChI is InChI=1S/C24H19F4N7O/c1-11-3-4-13(17-15(24(26,27)28)5-6-31-19(17)20(29)36)18(25)16(11)14-9-12-10-33-23(30-2)34-21(12)35-8-7-32-22(14)35/h3-6,9-10,32H,7-8H2,1-2H3,(H2,29,36). The van der Waals surface area contributed by atoms with Gasteiger partial charge in [0.15, 0.2) is 0 Å². The Morgan fingerprint density at radius 2 is 1.94 bits per heavy atom. The lowest BCUT2D eigenvalue weighted by molar-refractivity contribution is -0.137. The minimum absolute atomic E-state index is 0.0733. The molecule has 3 aliphatic heterocycles. The molecule has 12 heteroatoms. The molecular weight excluding hydrogens is 478 g/mol. The van der Waals surface area contributed by atoms with E-state index in [0.29, 0.717) is 47.5 Å². The maximum atomic E-state index is 16.3. The number of nitrogens with one attached hydrogen (secondary N) is 1. The van der Waals surface area contributed by atoms with Crippen molar-refractivity contribution in [3.05, 3.63) is 64.9 Å². The molecule has 3 aliphatic rings. The molecule has 0 unspecified atom stereocenters. The Hall–Kier alpha value is -4.35. The first-order valence-electron chi connectivity index (χ1n) is 10.8. The van der Waals surface area contributed by atoms with Gasteiger partial charge in [-0.2, -0.15) is 18.2 Å².